The van der Waals surface area contributed by atoms with Gasteiger partial charge in [-0.1, -0.05) is 66.7 Å². The maximum atomic E-state index is 12.1. The molecule has 4 aromatic carbocycles. The van der Waals surface area contributed by atoms with E-state index in [0.717, 1.165) is 22.1 Å². The molecule has 6 rings (SSSR count). The number of nitrogens with zero attached hydrogens (tertiary/aromatic N) is 2. The maximum Gasteiger partial charge on any atom is 0.338 e. The van der Waals surface area contributed by atoms with Gasteiger partial charge in [-0.3, -0.25) is 4.99 Å². The highest BCUT2D eigenvalue weighted by atomic mass is 16.5. The van der Waals surface area contributed by atoms with Crippen molar-refractivity contribution in [2.24, 2.45) is 4.99 Å². The molecular formula is C33H30N2O3. The van der Waals surface area contributed by atoms with E-state index in [1.54, 1.807) is 13.0 Å². The first kappa shape index (κ1) is 24.0. The Bertz CT molecular complexity index is 1650. The third kappa shape index (κ3) is 3.61. The average molecular weight is 503 g/mol. The van der Waals surface area contributed by atoms with Crippen molar-refractivity contribution in [2.75, 3.05) is 4.90 Å². The third-order valence-corrected chi connectivity index (χ3v) is 7.71. The van der Waals surface area contributed by atoms with E-state index >= 15 is 0 Å². The number of carbonyl (C=O) groups excluding carboxylic acids is 1. The number of carbonyl (C=O) groups is 1. The Kier molecular flexibility index (Phi) is 5.42. The van der Waals surface area contributed by atoms with Crippen molar-refractivity contribution in [3.8, 4) is 11.5 Å². The van der Waals surface area contributed by atoms with Crippen LogP contribution in [0.3, 0.4) is 0 Å². The Morgan fingerprint density at radius 1 is 1.03 bits per heavy atom. The minimum atomic E-state index is -0.828. The predicted octanol–water partition coefficient (Wildman–Crippen LogP) is 7.42. The molecule has 0 N–H and O–H groups in total. The van der Waals surface area contributed by atoms with Gasteiger partial charge in [0.1, 0.15) is 17.2 Å². The number of hydrogen-bond donors (Lipinski definition) is 0. The summed E-state index contributed by atoms with van der Waals surface area (Å²) < 4.78 is 12.5. The second-order valence-electron chi connectivity index (χ2n) is 10.7. The molecule has 190 valence electrons. The number of hydrogen-bond acceptors (Lipinski definition) is 5. The summed E-state index contributed by atoms with van der Waals surface area (Å²) in [5, 5.41) is 1.85. The van der Waals surface area contributed by atoms with Crippen molar-refractivity contribution < 1.29 is 14.3 Å². The fourth-order valence-corrected chi connectivity index (χ4v) is 5.64. The molecule has 0 aromatic heterocycles. The van der Waals surface area contributed by atoms with Crippen LogP contribution in [0.15, 0.2) is 96.0 Å². The number of rotatable bonds is 4. The standard InChI is InChI=1S/C33H30N2O3/c1-21(2)31(36)37-25-15-13-24-14-16-29-30(26(24)18-25)34-20-33(38-29)32(4,5)27-11-6-7-12-28(27)35(33)19-23-10-8-9-22(3)17-23/h6-18,20H,1,19H2,2-5H3. The molecule has 38 heavy (non-hydrogen) atoms. The Morgan fingerprint density at radius 2 is 1.82 bits per heavy atom. The van der Waals surface area contributed by atoms with Crippen LogP contribution in [0.2, 0.25) is 0 Å². The molecular weight excluding hydrogens is 472 g/mol. The third-order valence-electron chi connectivity index (χ3n) is 7.71. The van der Waals surface area contributed by atoms with Gasteiger partial charge in [0.2, 0.25) is 5.72 Å². The van der Waals surface area contributed by atoms with Crippen molar-refractivity contribution in [3.05, 3.63) is 108 Å². The molecule has 0 amide bonds. The lowest BCUT2D eigenvalue weighted by Crippen LogP contribution is -2.61. The zero-order valence-corrected chi connectivity index (χ0v) is 22.1. The lowest BCUT2D eigenvalue weighted by atomic mass is 9.77. The molecule has 2 aliphatic heterocycles. The fourth-order valence-electron chi connectivity index (χ4n) is 5.64. The van der Waals surface area contributed by atoms with Crippen molar-refractivity contribution >= 4 is 34.3 Å². The number of benzene rings is 4. The molecule has 5 heteroatoms. The van der Waals surface area contributed by atoms with Crippen LogP contribution >= 0.6 is 0 Å². The zero-order valence-electron chi connectivity index (χ0n) is 22.1. The molecule has 4 aromatic rings. The van der Waals surface area contributed by atoms with Crippen molar-refractivity contribution in [2.45, 2.75) is 45.4 Å². The summed E-state index contributed by atoms with van der Waals surface area (Å²) in [4.78, 5) is 19.5. The lowest BCUT2D eigenvalue weighted by Gasteiger charge is -2.46. The second kappa shape index (κ2) is 8.59. The summed E-state index contributed by atoms with van der Waals surface area (Å²) in [6.45, 7) is 12.5. The van der Waals surface area contributed by atoms with Crippen molar-refractivity contribution in [3.63, 3.8) is 0 Å². The molecule has 1 atom stereocenters. The number of fused-ring (bicyclic) bond motifs is 4. The highest BCUT2D eigenvalue weighted by molar-refractivity contribution is 6.01. The van der Waals surface area contributed by atoms with Gasteiger partial charge in [-0.2, -0.15) is 0 Å². The number of ether oxygens (including phenoxy) is 2. The summed E-state index contributed by atoms with van der Waals surface area (Å²) in [5.74, 6) is 0.688. The molecule has 0 saturated heterocycles. The summed E-state index contributed by atoms with van der Waals surface area (Å²) in [5.41, 5.74) is 4.65. The van der Waals surface area contributed by atoms with E-state index in [1.807, 2.05) is 30.5 Å². The van der Waals surface area contributed by atoms with Crippen LogP contribution in [0.5, 0.6) is 11.5 Å². The SMILES string of the molecule is C=C(C)C(=O)Oc1ccc2ccc3c(c2c1)N=CC1(O3)N(Cc2cccc(C)c2)c2ccccc2C1(C)C. The monoisotopic (exact) mass is 502 g/mol. The normalized spacial score (nSPS) is 18.7. The number of aliphatic imine (C=N–C) groups is 1. The topological polar surface area (TPSA) is 51.1 Å². The molecule has 0 aliphatic carbocycles. The second-order valence-corrected chi connectivity index (χ2v) is 10.7. The van der Waals surface area contributed by atoms with Gasteiger partial charge < -0.3 is 14.4 Å². The van der Waals surface area contributed by atoms with E-state index in [9.17, 15) is 4.79 Å². The van der Waals surface area contributed by atoms with E-state index in [0.29, 0.717) is 23.6 Å². The Balaban J connectivity index is 1.47. The molecule has 0 saturated carbocycles. The first-order valence-corrected chi connectivity index (χ1v) is 12.8. The highest BCUT2D eigenvalue weighted by Gasteiger charge is 2.59. The summed E-state index contributed by atoms with van der Waals surface area (Å²) in [7, 11) is 0. The van der Waals surface area contributed by atoms with Crippen molar-refractivity contribution in [1.82, 2.24) is 0 Å². The molecule has 2 heterocycles. The minimum Gasteiger partial charge on any atom is -0.459 e. The Hall–Kier alpha value is -4.38. The van der Waals surface area contributed by atoms with E-state index in [-0.39, 0.29) is 5.41 Å². The zero-order chi connectivity index (χ0) is 26.7. The maximum absolute atomic E-state index is 12.1. The number of para-hydroxylation sites is 1. The van der Waals surface area contributed by atoms with Gasteiger partial charge in [-0.15, -0.1) is 0 Å². The first-order valence-electron chi connectivity index (χ1n) is 12.8. The van der Waals surface area contributed by atoms with Crippen LogP contribution in [0, 0.1) is 6.92 Å². The Labute approximate surface area is 223 Å². The largest absolute Gasteiger partial charge is 0.459 e. The number of esters is 1. The summed E-state index contributed by atoms with van der Waals surface area (Å²) in [6, 6.07) is 26.6. The van der Waals surface area contributed by atoms with Crippen LogP contribution < -0.4 is 14.4 Å². The van der Waals surface area contributed by atoms with Gasteiger partial charge in [-0.25, -0.2) is 4.79 Å². The smallest absolute Gasteiger partial charge is 0.338 e. The van der Waals surface area contributed by atoms with Gasteiger partial charge >= 0.3 is 5.97 Å². The summed E-state index contributed by atoms with van der Waals surface area (Å²) in [6.07, 6.45) is 1.96. The number of anilines is 1. The van der Waals surface area contributed by atoms with Gasteiger partial charge in [0, 0.05) is 23.2 Å². The van der Waals surface area contributed by atoms with Gasteiger partial charge in [-0.05, 0) is 68.5 Å². The molecule has 2 aliphatic rings. The minimum absolute atomic E-state index is 0.347. The fraction of sp³-hybridized carbons (Fsp3) is 0.212. The van der Waals surface area contributed by atoms with Crippen LogP contribution in [0.1, 0.15) is 37.5 Å². The first-order chi connectivity index (χ1) is 18.2. The molecule has 5 nitrogen and oxygen atoms in total. The van der Waals surface area contributed by atoms with Gasteiger partial charge in [0.25, 0.3) is 0 Å². The molecule has 0 radical (unpaired) electrons. The van der Waals surface area contributed by atoms with E-state index in [1.165, 1.54) is 16.7 Å². The summed E-state index contributed by atoms with van der Waals surface area (Å²) >= 11 is 0. The van der Waals surface area contributed by atoms with Crippen molar-refractivity contribution in [1.29, 1.82) is 0 Å². The van der Waals surface area contributed by atoms with E-state index in [2.05, 4.69) is 80.8 Å². The van der Waals surface area contributed by atoms with Crippen LogP contribution in [-0.4, -0.2) is 17.9 Å². The Morgan fingerprint density at radius 3 is 2.61 bits per heavy atom. The van der Waals surface area contributed by atoms with E-state index in [4.69, 9.17) is 14.5 Å². The lowest BCUT2D eigenvalue weighted by molar-refractivity contribution is -0.130. The predicted molar refractivity (Wildman–Crippen MR) is 153 cm³/mol. The average Bonchev–Trinajstić information content (AvgIpc) is 3.07. The van der Waals surface area contributed by atoms with Crippen LogP contribution in [-0.2, 0) is 16.8 Å². The number of aryl methyl sites for hydroxylation is 1. The van der Waals surface area contributed by atoms with Gasteiger partial charge in [0.15, 0.2) is 0 Å². The highest BCUT2D eigenvalue weighted by Crippen LogP contribution is 2.55. The van der Waals surface area contributed by atoms with Crippen LogP contribution in [0.4, 0.5) is 11.4 Å². The molecule has 1 spiro atoms. The molecule has 0 bridgehead atoms. The molecule has 0 fully saturated rings. The van der Waals surface area contributed by atoms with Crippen LogP contribution in [0.25, 0.3) is 10.8 Å². The quantitative estimate of drug-likeness (QED) is 0.166. The van der Waals surface area contributed by atoms with E-state index < -0.39 is 11.7 Å². The van der Waals surface area contributed by atoms with Gasteiger partial charge in [0.05, 0.1) is 11.6 Å². The molecule has 1 unspecified atom stereocenters.